The summed E-state index contributed by atoms with van der Waals surface area (Å²) in [5, 5.41) is 4.88. The summed E-state index contributed by atoms with van der Waals surface area (Å²) in [4.78, 5) is 14.1. The first-order valence-electron chi connectivity index (χ1n) is 10.6. The number of halogens is 1. The molecule has 2 aromatic heterocycles. The van der Waals surface area contributed by atoms with E-state index in [-0.39, 0.29) is 5.82 Å². The number of anilines is 1. The van der Waals surface area contributed by atoms with Gasteiger partial charge in [0.1, 0.15) is 22.8 Å². The minimum Gasteiger partial charge on any atom is -0.367 e. The first-order chi connectivity index (χ1) is 14.1. The molecule has 0 spiro atoms. The van der Waals surface area contributed by atoms with Crippen LogP contribution in [-0.2, 0) is 19.4 Å². The number of nitrogens with zero attached hydrogens (tertiary/aromatic N) is 3. The number of hydrogen-bond donors (Lipinski definition) is 1. The normalized spacial score (nSPS) is 14.9. The average molecular weight is 413 g/mol. The van der Waals surface area contributed by atoms with Crippen molar-refractivity contribution in [3.05, 3.63) is 52.4 Å². The second-order valence-electron chi connectivity index (χ2n) is 7.95. The molecule has 1 atom stereocenters. The Morgan fingerprint density at radius 2 is 2.10 bits per heavy atom. The molecule has 0 saturated carbocycles. The Balaban J connectivity index is 1.40. The quantitative estimate of drug-likeness (QED) is 0.536. The van der Waals surface area contributed by atoms with Crippen molar-refractivity contribution in [3.8, 4) is 0 Å². The van der Waals surface area contributed by atoms with Gasteiger partial charge in [0.25, 0.3) is 0 Å². The van der Waals surface area contributed by atoms with Crippen molar-refractivity contribution in [2.45, 2.75) is 58.5 Å². The second kappa shape index (κ2) is 9.18. The predicted molar refractivity (Wildman–Crippen MR) is 119 cm³/mol. The SMILES string of the molecule is CCN(CCC(C)Nc1ncnc2sc3c(c12)CCCC3)Cc1cccc(F)c1. The fourth-order valence-electron chi connectivity index (χ4n) is 4.12. The molecule has 0 bridgehead atoms. The molecule has 1 unspecified atom stereocenters. The van der Waals surface area contributed by atoms with Crippen molar-refractivity contribution in [2.75, 3.05) is 18.4 Å². The van der Waals surface area contributed by atoms with Gasteiger partial charge in [-0.15, -0.1) is 11.3 Å². The van der Waals surface area contributed by atoms with E-state index in [0.717, 1.165) is 48.7 Å². The molecule has 29 heavy (non-hydrogen) atoms. The number of nitrogens with one attached hydrogen (secondary N) is 1. The summed E-state index contributed by atoms with van der Waals surface area (Å²) in [6.07, 6.45) is 7.54. The molecule has 4 rings (SSSR count). The highest BCUT2D eigenvalue weighted by atomic mass is 32.1. The van der Waals surface area contributed by atoms with Gasteiger partial charge in [-0.25, -0.2) is 14.4 Å². The molecule has 1 aromatic carbocycles. The summed E-state index contributed by atoms with van der Waals surface area (Å²) in [5.74, 6) is 0.815. The number of aromatic nitrogens is 2. The van der Waals surface area contributed by atoms with E-state index in [4.69, 9.17) is 0 Å². The van der Waals surface area contributed by atoms with Crippen molar-refractivity contribution in [2.24, 2.45) is 0 Å². The smallest absolute Gasteiger partial charge is 0.138 e. The maximum atomic E-state index is 13.5. The topological polar surface area (TPSA) is 41.0 Å². The van der Waals surface area contributed by atoms with Crippen molar-refractivity contribution in [3.63, 3.8) is 0 Å². The minimum atomic E-state index is -0.166. The van der Waals surface area contributed by atoms with E-state index in [1.807, 2.05) is 17.4 Å². The summed E-state index contributed by atoms with van der Waals surface area (Å²) in [5.41, 5.74) is 2.49. The van der Waals surface area contributed by atoms with Gasteiger partial charge in [-0.1, -0.05) is 19.1 Å². The first-order valence-corrected chi connectivity index (χ1v) is 11.4. The van der Waals surface area contributed by atoms with E-state index in [1.165, 1.54) is 41.2 Å². The second-order valence-corrected chi connectivity index (χ2v) is 9.03. The maximum Gasteiger partial charge on any atom is 0.138 e. The van der Waals surface area contributed by atoms with Gasteiger partial charge in [-0.3, -0.25) is 4.90 Å². The van der Waals surface area contributed by atoms with Crippen LogP contribution in [0.5, 0.6) is 0 Å². The van der Waals surface area contributed by atoms with Crippen molar-refractivity contribution in [1.29, 1.82) is 0 Å². The van der Waals surface area contributed by atoms with E-state index < -0.39 is 0 Å². The number of fused-ring (bicyclic) bond motifs is 3. The largest absolute Gasteiger partial charge is 0.367 e. The lowest BCUT2D eigenvalue weighted by Crippen LogP contribution is -2.28. The van der Waals surface area contributed by atoms with Crippen LogP contribution in [0.25, 0.3) is 10.2 Å². The Labute approximate surface area is 176 Å². The van der Waals surface area contributed by atoms with Gasteiger partial charge in [-0.05, 0) is 68.8 Å². The van der Waals surface area contributed by atoms with E-state index in [2.05, 4.69) is 34.0 Å². The average Bonchev–Trinajstić information content (AvgIpc) is 3.11. The standard InChI is InChI=1S/C23H29FN4S/c1-3-28(14-17-7-6-8-18(24)13-17)12-11-16(2)27-22-21-19-9-4-5-10-20(19)29-23(21)26-15-25-22/h6-8,13,15-16H,3-5,9-12,14H2,1-2H3,(H,25,26,27). The first kappa shape index (κ1) is 20.2. The summed E-state index contributed by atoms with van der Waals surface area (Å²) >= 11 is 1.84. The van der Waals surface area contributed by atoms with Gasteiger partial charge in [0.15, 0.2) is 0 Å². The van der Waals surface area contributed by atoms with Crippen LogP contribution in [0, 0.1) is 5.82 Å². The molecule has 2 heterocycles. The van der Waals surface area contributed by atoms with Gasteiger partial charge >= 0.3 is 0 Å². The molecule has 1 aliphatic rings. The van der Waals surface area contributed by atoms with Crippen LogP contribution in [-0.4, -0.2) is 34.0 Å². The monoisotopic (exact) mass is 412 g/mol. The fourth-order valence-corrected chi connectivity index (χ4v) is 5.35. The molecule has 0 saturated heterocycles. The maximum absolute atomic E-state index is 13.5. The molecule has 1 aliphatic carbocycles. The van der Waals surface area contributed by atoms with Crippen LogP contribution in [0.4, 0.5) is 10.2 Å². The van der Waals surface area contributed by atoms with Gasteiger partial charge in [0.2, 0.25) is 0 Å². The number of rotatable bonds is 8. The third-order valence-corrected chi connectivity index (χ3v) is 6.96. The summed E-state index contributed by atoms with van der Waals surface area (Å²) in [6.45, 7) is 7.04. The highest BCUT2D eigenvalue weighted by Crippen LogP contribution is 2.38. The molecule has 0 radical (unpaired) electrons. The van der Waals surface area contributed by atoms with Crippen LogP contribution >= 0.6 is 11.3 Å². The Morgan fingerprint density at radius 3 is 2.93 bits per heavy atom. The van der Waals surface area contributed by atoms with Gasteiger partial charge in [0, 0.05) is 24.0 Å². The summed E-state index contributed by atoms with van der Waals surface area (Å²) in [7, 11) is 0. The summed E-state index contributed by atoms with van der Waals surface area (Å²) < 4.78 is 13.5. The Bertz CT molecular complexity index is 971. The highest BCUT2D eigenvalue weighted by molar-refractivity contribution is 7.19. The van der Waals surface area contributed by atoms with Crippen molar-refractivity contribution in [1.82, 2.24) is 14.9 Å². The molecule has 0 fully saturated rings. The van der Waals surface area contributed by atoms with E-state index in [1.54, 1.807) is 18.5 Å². The molecule has 6 heteroatoms. The van der Waals surface area contributed by atoms with Gasteiger partial charge < -0.3 is 5.32 Å². The van der Waals surface area contributed by atoms with Crippen molar-refractivity contribution < 1.29 is 4.39 Å². The molecule has 4 nitrogen and oxygen atoms in total. The third kappa shape index (κ3) is 4.75. The number of thiophene rings is 1. The van der Waals surface area contributed by atoms with Crippen LogP contribution in [0.3, 0.4) is 0 Å². The lowest BCUT2D eigenvalue weighted by Gasteiger charge is -2.23. The summed E-state index contributed by atoms with van der Waals surface area (Å²) in [6, 6.07) is 7.20. The van der Waals surface area contributed by atoms with Crippen LogP contribution in [0.15, 0.2) is 30.6 Å². The van der Waals surface area contributed by atoms with Gasteiger partial charge in [0.05, 0.1) is 5.39 Å². The Hall–Kier alpha value is -2.05. The number of aryl methyl sites for hydroxylation is 2. The molecule has 1 N–H and O–H groups in total. The number of hydrogen-bond acceptors (Lipinski definition) is 5. The molecule has 3 aromatic rings. The zero-order valence-corrected chi connectivity index (χ0v) is 18.1. The Morgan fingerprint density at radius 1 is 1.24 bits per heavy atom. The lowest BCUT2D eigenvalue weighted by molar-refractivity contribution is 0.271. The van der Waals surface area contributed by atoms with E-state index in [0.29, 0.717) is 6.04 Å². The number of benzene rings is 1. The van der Waals surface area contributed by atoms with Crippen molar-refractivity contribution >= 4 is 27.4 Å². The van der Waals surface area contributed by atoms with Gasteiger partial charge in [-0.2, -0.15) is 0 Å². The van der Waals surface area contributed by atoms with Crippen LogP contribution < -0.4 is 5.32 Å². The van der Waals surface area contributed by atoms with Crippen LogP contribution in [0.1, 0.15) is 49.1 Å². The zero-order valence-electron chi connectivity index (χ0n) is 17.2. The van der Waals surface area contributed by atoms with E-state index >= 15 is 0 Å². The van der Waals surface area contributed by atoms with Crippen LogP contribution in [0.2, 0.25) is 0 Å². The molecule has 0 amide bonds. The predicted octanol–water partition coefficient (Wildman–Crippen LogP) is 5.42. The fraction of sp³-hybridized carbons (Fsp3) is 0.478. The zero-order chi connectivity index (χ0) is 20.2. The lowest BCUT2D eigenvalue weighted by atomic mass is 9.97. The Kier molecular flexibility index (Phi) is 6.40. The molecular formula is C23H29FN4S. The third-order valence-electron chi connectivity index (χ3n) is 5.76. The molecule has 0 aliphatic heterocycles. The van der Waals surface area contributed by atoms with E-state index in [9.17, 15) is 4.39 Å². The molecular weight excluding hydrogens is 383 g/mol. The minimum absolute atomic E-state index is 0.166. The highest BCUT2D eigenvalue weighted by Gasteiger charge is 2.20. The molecule has 154 valence electrons.